The number of aryl methyl sites for hydroxylation is 2. The minimum atomic E-state index is -0.496. The zero-order valence-corrected chi connectivity index (χ0v) is 16.6. The highest BCUT2D eigenvalue weighted by molar-refractivity contribution is 5.79. The van der Waals surface area contributed by atoms with Gasteiger partial charge in [-0.1, -0.05) is 28.9 Å². The van der Waals surface area contributed by atoms with Crippen LogP contribution in [0.5, 0.6) is 5.75 Å². The molecule has 0 spiro atoms. The Hall–Kier alpha value is -3.22. The topological polar surface area (TPSA) is 68.5 Å². The number of carbonyl (C=O) groups is 1. The average Bonchev–Trinajstić information content (AvgIpc) is 3.32. The van der Waals surface area contributed by atoms with Crippen molar-refractivity contribution in [1.29, 1.82) is 0 Å². The van der Waals surface area contributed by atoms with Gasteiger partial charge in [0.25, 0.3) is 0 Å². The van der Waals surface area contributed by atoms with Crippen LogP contribution in [0.4, 0.5) is 4.39 Å². The third kappa shape index (κ3) is 3.72. The summed E-state index contributed by atoms with van der Waals surface area (Å²) in [7, 11) is 1.41. The molecule has 1 atom stereocenters. The van der Waals surface area contributed by atoms with Crippen LogP contribution in [0, 0.1) is 19.7 Å². The molecule has 4 rings (SSSR count). The first-order valence-corrected chi connectivity index (χ1v) is 9.49. The van der Waals surface area contributed by atoms with E-state index in [1.54, 1.807) is 11.0 Å². The molecule has 0 N–H and O–H groups in total. The van der Waals surface area contributed by atoms with Crippen molar-refractivity contribution >= 4 is 5.91 Å². The number of nitrogens with zero attached hydrogens (tertiary/aromatic N) is 3. The number of carbonyl (C=O) groups excluding carboxylic acids is 1. The van der Waals surface area contributed by atoms with Crippen LogP contribution >= 0.6 is 0 Å². The molecule has 1 aliphatic rings. The number of hydrogen-bond acceptors (Lipinski definition) is 5. The van der Waals surface area contributed by atoms with Crippen molar-refractivity contribution in [1.82, 2.24) is 15.0 Å². The number of likely N-dealkylation sites (tertiary alicyclic amines) is 1. The molecule has 3 aromatic rings. The fraction of sp³-hybridized carbons (Fsp3) is 0.318. The van der Waals surface area contributed by atoms with Gasteiger partial charge < -0.3 is 14.2 Å². The van der Waals surface area contributed by atoms with Gasteiger partial charge in [-0.25, -0.2) is 4.39 Å². The summed E-state index contributed by atoms with van der Waals surface area (Å²) in [5.74, 6) is 0.369. The van der Waals surface area contributed by atoms with E-state index in [0.717, 1.165) is 16.7 Å². The summed E-state index contributed by atoms with van der Waals surface area (Å²) in [5.41, 5.74) is 3.87. The Morgan fingerprint density at radius 1 is 1.24 bits per heavy atom. The summed E-state index contributed by atoms with van der Waals surface area (Å²) < 4.78 is 24.4. The highest BCUT2D eigenvalue weighted by Crippen LogP contribution is 2.35. The van der Waals surface area contributed by atoms with Gasteiger partial charge in [-0.05, 0) is 49.6 Å². The van der Waals surface area contributed by atoms with Gasteiger partial charge in [0.15, 0.2) is 11.6 Å². The lowest BCUT2D eigenvalue weighted by molar-refractivity contribution is -0.130. The van der Waals surface area contributed by atoms with Gasteiger partial charge in [-0.2, -0.15) is 4.98 Å². The van der Waals surface area contributed by atoms with Crippen LogP contribution in [0.3, 0.4) is 0 Å². The molecule has 29 heavy (non-hydrogen) atoms. The van der Waals surface area contributed by atoms with Gasteiger partial charge in [0.1, 0.15) is 6.04 Å². The predicted molar refractivity (Wildman–Crippen MR) is 105 cm³/mol. The molecule has 1 aromatic heterocycles. The molecule has 1 aliphatic heterocycles. The molecule has 6 nitrogen and oxygen atoms in total. The van der Waals surface area contributed by atoms with Crippen LogP contribution in [0.25, 0.3) is 11.4 Å². The summed E-state index contributed by atoms with van der Waals surface area (Å²) in [6.07, 6.45) is 1.05. The Morgan fingerprint density at radius 3 is 2.83 bits per heavy atom. The summed E-state index contributed by atoms with van der Waals surface area (Å²) in [5, 5.41) is 3.99. The highest BCUT2D eigenvalue weighted by Gasteiger charge is 2.36. The first-order valence-electron chi connectivity index (χ1n) is 9.49. The molecule has 0 saturated carbocycles. The molecular formula is C22H22FN3O3. The van der Waals surface area contributed by atoms with Gasteiger partial charge >= 0.3 is 0 Å². The summed E-state index contributed by atoms with van der Waals surface area (Å²) in [6, 6.07) is 10.4. The molecule has 2 aromatic carbocycles. The third-order valence-corrected chi connectivity index (χ3v) is 5.31. The van der Waals surface area contributed by atoms with E-state index in [4.69, 9.17) is 9.26 Å². The number of ether oxygens (including phenoxy) is 1. The standard InChI is InChI=1S/C22H22FN3O3/c1-13-4-5-14(2)16(10-13)12-26-18(7-9-20(26)27)22-24-21(25-29-22)15-6-8-19(28-3)17(23)11-15/h4-6,8,10-11,18H,7,9,12H2,1-3H3. The van der Waals surface area contributed by atoms with Crippen LogP contribution in [-0.2, 0) is 11.3 Å². The molecule has 0 bridgehead atoms. The number of aromatic nitrogens is 2. The number of benzene rings is 2. The maximum atomic E-state index is 14.0. The molecule has 1 unspecified atom stereocenters. The van der Waals surface area contributed by atoms with Gasteiger partial charge in [0, 0.05) is 18.5 Å². The molecule has 2 heterocycles. The van der Waals surface area contributed by atoms with Crippen LogP contribution in [0.2, 0.25) is 0 Å². The Bertz CT molecular complexity index is 1060. The molecule has 0 aliphatic carbocycles. The Morgan fingerprint density at radius 2 is 2.07 bits per heavy atom. The van der Waals surface area contributed by atoms with E-state index in [9.17, 15) is 9.18 Å². The van der Waals surface area contributed by atoms with E-state index in [1.165, 1.54) is 19.2 Å². The average molecular weight is 395 g/mol. The summed E-state index contributed by atoms with van der Waals surface area (Å²) in [6.45, 7) is 4.56. The number of methoxy groups -OCH3 is 1. The molecule has 0 radical (unpaired) electrons. The van der Waals surface area contributed by atoms with Crippen LogP contribution in [0.15, 0.2) is 40.9 Å². The van der Waals surface area contributed by atoms with Crippen molar-refractivity contribution in [3.8, 4) is 17.1 Å². The van der Waals surface area contributed by atoms with Crippen molar-refractivity contribution < 1.29 is 18.4 Å². The first-order chi connectivity index (χ1) is 14.0. The van der Waals surface area contributed by atoms with E-state index < -0.39 is 5.82 Å². The molecular weight excluding hydrogens is 373 g/mol. The lowest BCUT2D eigenvalue weighted by Gasteiger charge is -2.23. The molecule has 7 heteroatoms. The highest BCUT2D eigenvalue weighted by atomic mass is 19.1. The van der Waals surface area contributed by atoms with Crippen molar-refractivity contribution in [2.45, 2.75) is 39.3 Å². The molecule has 1 saturated heterocycles. The smallest absolute Gasteiger partial charge is 0.249 e. The van der Waals surface area contributed by atoms with E-state index in [-0.39, 0.29) is 23.5 Å². The van der Waals surface area contributed by atoms with Crippen LogP contribution in [-0.4, -0.2) is 28.1 Å². The monoisotopic (exact) mass is 395 g/mol. The maximum Gasteiger partial charge on any atom is 0.249 e. The van der Waals surface area contributed by atoms with E-state index in [1.807, 2.05) is 13.8 Å². The van der Waals surface area contributed by atoms with E-state index in [2.05, 4.69) is 28.3 Å². The number of amides is 1. The van der Waals surface area contributed by atoms with E-state index >= 15 is 0 Å². The fourth-order valence-corrected chi connectivity index (χ4v) is 3.64. The Balaban J connectivity index is 1.60. The lowest BCUT2D eigenvalue weighted by Crippen LogP contribution is -2.27. The van der Waals surface area contributed by atoms with Crippen molar-refractivity contribution in [3.63, 3.8) is 0 Å². The van der Waals surface area contributed by atoms with E-state index in [0.29, 0.717) is 30.8 Å². The van der Waals surface area contributed by atoms with Crippen molar-refractivity contribution in [2.75, 3.05) is 7.11 Å². The minimum absolute atomic E-state index is 0.0612. The fourth-order valence-electron chi connectivity index (χ4n) is 3.64. The van der Waals surface area contributed by atoms with Crippen molar-refractivity contribution in [3.05, 3.63) is 64.8 Å². The minimum Gasteiger partial charge on any atom is -0.494 e. The maximum absolute atomic E-state index is 14.0. The second-order valence-electron chi connectivity index (χ2n) is 7.31. The lowest BCUT2D eigenvalue weighted by atomic mass is 10.0. The molecule has 150 valence electrons. The zero-order chi connectivity index (χ0) is 20.5. The number of hydrogen-bond donors (Lipinski definition) is 0. The Kier molecular flexibility index (Phi) is 5.05. The van der Waals surface area contributed by atoms with Crippen LogP contribution < -0.4 is 4.74 Å². The van der Waals surface area contributed by atoms with Gasteiger partial charge in [0.2, 0.25) is 17.6 Å². The number of rotatable bonds is 5. The zero-order valence-electron chi connectivity index (χ0n) is 16.6. The third-order valence-electron chi connectivity index (χ3n) is 5.31. The van der Waals surface area contributed by atoms with Gasteiger partial charge in [-0.15, -0.1) is 0 Å². The summed E-state index contributed by atoms with van der Waals surface area (Å²) in [4.78, 5) is 18.8. The molecule has 1 amide bonds. The largest absolute Gasteiger partial charge is 0.494 e. The summed E-state index contributed by atoms with van der Waals surface area (Å²) >= 11 is 0. The van der Waals surface area contributed by atoms with Crippen molar-refractivity contribution in [2.24, 2.45) is 0 Å². The van der Waals surface area contributed by atoms with Crippen LogP contribution in [0.1, 0.15) is 41.5 Å². The normalized spacial score (nSPS) is 16.5. The Labute approximate surface area is 168 Å². The van der Waals surface area contributed by atoms with Gasteiger partial charge in [0.05, 0.1) is 7.11 Å². The molecule has 1 fully saturated rings. The second-order valence-corrected chi connectivity index (χ2v) is 7.31. The second kappa shape index (κ2) is 7.66. The number of halogens is 1. The SMILES string of the molecule is COc1ccc(-c2noc(C3CCC(=O)N3Cc3cc(C)ccc3C)n2)cc1F. The quantitative estimate of drug-likeness (QED) is 0.642. The first kappa shape index (κ1) is 19.1. The predicted octanol–water partition coefficient (Wildman–Crippen LogP) is 4.36. The van der Waals surface area contributed by atoms with Gasteiger partial charge in [-0.3, -0.25) is 4.79 Å².